The van der Waals surface area contributed by atoms with E-state index in [0.29, 0.717) is 11.1 Å². The second kappa shape index (κ2) is 3.79. The van der Waals surface area contributed by atoms with Gasteiger partial charge >= 0.3 is 0 Å². The number of hydrogen-bond acceptors (Lipinski definition) is 4. The summed E-state index contributed by atoms with van der Waals surface area (Å²) in [7, 11) is 0. The van der Waals surface area contributed by atoms with Crippen molar-refractivity contribution in [1.82, 2.24) is 19.5 Å². The molecule has 0 saturated heterocycles. The van der Waals surface area contributed by atoms with Crippen molar-refractivity contribution in [1.29, 1.82) is 0 Å². The fourth-order valence-corrected chi connectivity index (χ4v) is 1.70. The highest BCUT2D eigenvalue weighted by molar-refractivity contribution is 5.80. The number of hydrogen-bond donors (Lipinski definition) is 0. The Labute approximate surface area is 96.4 Å². The lowest BCUT2D eigenvalue weighted by Gasteiger charge is -2.05. The van der Waals surface area contributed by atoms with Crippen molar-refractivity contribution in [2.75, 3.05) is 0 Å². The summed E-state index contributed by atoms with van der Waals surface area (Å²) >= 11 is 0. The van der Waals surface area contributed by atoms with Crippen molar-refractivity contribution < 1.29 is 0 Å². The van der Waals surface area contributed by atoms with Gasteiger partial charge in [0, 0.05) is 18.6 Å². The summed E-state index contributed by atoms with van der Waals surface area (Å²) in [5.74, 6) is 0. The van der Waals surface area contributed by atoms with Crippen LogP contribution in [-0.4, -0.2) is 19.5 Å². The van der Waals surface area contributed by atoms with Gasteiger partial charge in [-0.2, -0.15) is 0 Å². The normalized spacial score (nSPS) is 10.6. The molecule has 3 rings (SSSR count). The van der Waals surface area contributed by atoms with Gasteiger partial charge in [0.05, 0.1) is 23.5 Å². The summed E-state index contributed by atoms with van der Waals surface area (Å²) < 4.78 is 1.50. The van der Waals surface area contributed by atoms with Gasteiger partial charge in [0.25, 0.3) is 5.56 Å². The maximum absolute atomic E-state index is 12.2. The summed E-state index contributed by atoms with van der Waals surface area (Å²) in [6.45, 7) is 0. The van der Waals surface area contributed by atoms with Gasteiger partial charge in [-0.1, -0.05) is 0 Å². The summed E-state index contributed by atoms with van der Waals surface area (Å²) in [6, 6.07) is 3.67. The van der Waals surface area contributed by atoms with Crippen LogP contribution < -0.4 is 5.56 Å². The molecule has 3 aromatic rings. The van der Waals surface area contributed by atoms with Gasteiger partial charge in [0.1, 0.15) is 6.33 Å². The van der Waals surface area contributed by atoms with E-state index in [1.165, 1.54) is 10.9 Å². The van der Waals surface area contributed by atoms with E-state index in [1.807, 2.05) is 12.1 Å². The van der Waals surface area contributed by atoms with Gasteiger partial charge in [-0.05, 0) is 17.5 Å². The van der Waals surface area contributed by atoms with Crippen molar-refractivity contribution >= 4 is 10.8 Å². The van der Waals surface area contributed by atoms with E-state index in [1.54, 1.807) is 31.0 Å². The molecule has 3 heterocycles. The highest BCUT2D eigenvalue weighted by atomic mass is 16.1. The highest BCUT2D eigenvalue weighted by Gasteiger charge is 2.04. The molecule has 17 heavy (non-hydrogen) atoms. The maximum Gasteiger partial charge on any atom is 0.264 e. The lowest BCUT2D eigenvalue weighted by Crippen LogP contribution is -2.17. The number of nitrogens with zero attached hydrogens (tertiary/aromatic N) is 4. The van der Waals surface area contributed by atoms with E-state index < -0.39 is 0 Å². The van der Waals surface area contributed by atoms with E-state index in [-0.39, 0.29) is 5.56 Å². The third-order valence-corrected chi connectivity index (χ3v) is 2.53. The molecule has 3 aromatic heterocycles. The van der Waals surface area contributed by atoms with Gasteiger partial charge in [-0.25, -0.2) is 9.97 Å². The van der Waals surface area contributed by atoms with E-state index in [9.17, 15) is 4.79 Å². The Kier molecular flexibility index (Phi) is 2.15. The third kappa shape index (κ3) is 1.57. The fraction of sp³-hybridized carbons (Fsp3) is 0. The summed E-state index contributed by atoms with van der Waals surface area (Å²) in [5, 5.41) is 1.46. The first-order chi connectivity index (χ1) is 8.36. The lowest BCUT2D eigenvalue weighted by molar-refractivity contribution is 0.970. The van der Waals surface area contributed by atoms with Crippen LogP contribution >= 0.6 is 0 Å². The quantitative estimate of drug-likeness (QED) is 0.622. The molecular formula is C12H8N4O. The number of rotatable bonds is 1. The predicted molar refractivity (Wildman–Crippen MR) is 62.9 cm³/mol. The number of fused-ring (bicyclic) bond motifs is 1. The molecule has 0 aliphatic carbocycles. The van der Waals surface area contributed by atoms with Crippen LogP contribution in [0.4, 0.5) is 0 Å². The third-order valence-electron chi connectivity index (χ3n) is 2.53. The fourth-order valence-electron chi connectivity index (χ4n) is 1.70. The first kappa shape index (κ1) is 9.65. The van der Waals surface area contributed by atoms with Crippen LogP contribution in [0, 0.1) is 0 Å². The molecule has 0 fully saturated rings. The molecule has 0 aliphatic rings. The Bertz CT molecular complexity index is 721. The standard InChI is InChI=1S/C12H8N4O/c17-12-11-7-13-3-1-9(11)2-4-16(12)10-5-14-8-15-6-10/h1-8H. The van der Waals surface area contributed by atoms with Crippen molar-refractivity contribution in [3.05, 3.63) is 59.8 Å². The smallest absolute Gasteiger partial charge is 0.264 e. The minimum atomic E-state index is -0.120. The minimum Gasteiger partial charge on any atom is -0.281 e. The Morgan fingerprint density at radius 2 is 1.82 bits per heavy atom. The summed E-state index contributed by atoms with van der Waals surface area (Å²) in [6.07, 6.45) is 9.56. The first-order valence-electron chi connectivity index (χ1n) is 5.07. The van der Waals surface area contributed by atoms with Crippen LogP contribution in [0.3, 0.4) is 0 Å². The van der Waals surface area contributed by atoms with Gasteiger partial charge in [-0.15, -0.1) is 0 Å². The Balaban J connectivity index is 2.33. The number of pyridine rings is 2. The SMILES string of the molecule is O=c1c2cnccc2ccn1-c1cncnc1. The topological polar surface area (TPSA) is 60.7 Å². The first-order valence-corrected chi connectivity index (χ1v) is 5.07. The van der Waals surface area contributed by atoms with Crippen molar-refractivity contribution in [2.45, 2.75) is 0 Å². The molecule has 0 amide bonds. The molecule has 0 saturated carbocycles. The lowest BCUT2D eigenvalue weighted by atomic mass is 10.2. The zero-order chi connectivity index (χ0) is 11.7. The molecule has 0 unspecified atom stereocenters. The molecule has 0 N–H and O–H groups in total. The second-order valence-electron chi connectivity index (χ2n) is 3.55. The van der Waals surface area contributed by atoms with Gasteiger partial charge in [0.15, 0.2) is 0 Å². The van der Waals surface area contributed by atoms with E-state index >= 15 is 0 Å². The average molecular weight is 224 g/mol. The minimum absolute atomic E-state index is 0.120. The van der Waals surface area contributed by atoms with E-state index in [2.05, 4.69) is 15.0 Å². The van der Waals surface area contributed by atoms with E-state index in [0.717, 1.165) is 5.39 Å². The van der Waals surface area contributed by atoms with Crippen LogP contribution in [0.25, 0.3) is 16.5 Å². The summed E-state index contributed by atoms with van der Waals surface area (Å²) in [4.78, 5) is 24.0. The van der Waals surface area contributed by atoms with Gasteiger partial charge in [0.2, 0.25) is 0 Å². The summed E-state index contributed by atoms with van der Waals surface area (Å²) in [5.41, 5.74) is 0.522. The van der Waals surface area contributed by atoms with Crippen LogP contribution in [-0.2, 0) is 0 Å². The highest BCUT2D eigenvalue weighted by Crippen LogP contribution is 2.08. The molecule has 0 aliphatic heterocycles. The molecule has 5 heteroatoms. The zero-order valence-electron chi connectivity index (χ0n) is 8.82. The van der Waals surface area contributed by atoms with E-state index in [4.69, 9.17) is 0 Å². The average Bonchev–Trinajstić information content (AvgIpc) is 2.40. The second-order valence-corrected chi connectivity index (χ2v) is 3.55. The predicted octanol–water partition coefficient (Wildman–Crippen LogP) is 1.18. The van der Waals surface area contributed by atoms with Gasteiger partial charge in [-0.3, -0.25) is 14.3 Å². The Morgan fingerprint density at radius 1 is 1.00 bits per heavy atom. The number of aromatic nitrogens is 4. The van der Waals surface area contributed by atoms with Crippen LogP contribution in [0.1, 0.15) is 0 Å². The van der Waals surface area contributed by atoms with Crippen molar-refractivity contribution in [2.24, 2.45) is 0 Å². The Morgan fingerprint density at radius 3 is 2.65 bits per heavy atom. The van der Waals surface area contributed by atoms with Crippen LogP contribution in [0.2, 0.25) is 0 Å². The molecule has 0 spiro atoms. The molecule has 0 atom stereocenters. The molecule has 0 bridgehead atoms. The molecule has 0 aromatic carbocycles. The molecule has 82 valence electrons. The molecule has 0 radical (unpaired) electrons. The van der Waals surface area contributed by atoms with Gasteiger partial charge < -0.3 is 0 Å². The molecule has 5 nitrogen and oxygen atoms in total. The largest absolute Gasteiger partial charge is 0.281 e. The zero-order valence-corrected chi connectivity index (χ0v) is 8.82. The van der Waals surface area contributed by atoms with Crippen LogP contribution in [0.5, 0.6) is 0 Å². The van der Waals surface area contributed by atoms with Crippen molar-refractivity contribution in [3.63, 3.8) is 0 Å². The monoisotopic (exact) mass is 224 g/mol. The van der Waals surface area contributed by atoms with Crippen LogP contribution in [0.15, 0.2) is 54.2 Å². The van der Waals surface area contributed by atoms with Crippen molar-refractivity contribution in [3.8, 4) is 5.69 Å². The maximum atomic E-state index is 12.2. The molecular weight excluding hydrogens is 216 g/mol. The Hall–Kier alpha value is -2.56.